The van der Waals surface area contributed by atoms with Crippen molar-refractivity contribution >= 4 is 11.9 Å². The summed E-state index contributed by atoms with van der Waals surface area (Å²) in [7, 11) is 3.08. The van der Waals surface area contributed by atoms with E-state index in [4.69, 9.17) is 9.47 Å². The maximum absolute atomic E-state index is 12.8. The molecule has 1 amide bonds. The maximum atomic E-state index is 12.8. The summed E-state index contributed by atoms with van der Waals surface area (Å²) in [5.41, 5.74) is 2.41. The number of amides is 1. The zero-order valence-electron chi connectivity index (χ0n) is 14.8. The van der Waals surface area contributed by atoms with E-state index in [9.17, 15) is 14.7 Å². The third kappa shape index (κ3) is 3.35. The number of carboxylic acids is 1. The molecule has 1 unspecified atom stereocenters. The highest BCUT2D eigenvalue weighted by Crippen LogP contribution is 2.32. The third-order valence-corrected chi connectivity index (χ3v) is 4.64. The first-order valence-electron chi connectivity index (χ1n) is 8.36. The number of benzene rings is 2. The number of nitrogens with zero attached hydrogens (tertiary/aromatic N) is 1. The summed E-state index contributed by atoms with van der Waals surface area (Å²) < 4.78 is 10.5. The predicted molar refractivity (Wildman–Crippen MR) is 95.5 cm³/mol. The Morgan fingerprint density at radius 2 is 1.85 bits per heavy atom. The van der Waals surface area contributed by atoms with Crippen molar-refractivity contribution < 1.29 is 24.2 Å². The summed E-state index contributed by atoms with van der Waals surface area (Å²) in [6.45, 7) is 0.389. The summed E-state index contributed by atoms with van der Waals surface area (Å²) in [6, 6.07) is 11.7. The number of methoxy groups -OCH3 is 2. The van der Waals surface area contributed by atoms with Crippen LogP contribution in [0.1, 0.15) is 22.7 Å². The summed E-state index contributed by atoms with van der Waals surface area (Å²) in [5, 5.41) is 9.69. The Hall–Kier alpha value is -3.02. The van der Waals surface area contributed by atoms with Gasteiger partial charge in [-0.3, -0.25) is 4.79 Å². The van der Waals surface area contributed by atoms with E-state index in [0.29, 0.717) is 30.0 Å². The number of aliphatic carboxylic acids is 1. The van der Waals surface area contributed by atoms with Crippen molar-refractivity contribution in [2.45, 2.75) is 18.9 Å². The minimum Gasteiger partial charge on any atom is -0.493 e. The molecule has 6 nitrogen and oxygen atoms in total. The molecule has 3 rings (SSSR count). The minimum atomic E-state index is -1.02. The molecule has 26 heavy (non-hydrogen) atoms. The molecule has 0 bridgehead atoms. The third-order valence-electron chi connectivity index (χ3n) is 4.64. The quantitative estimate of drug-likeness (QED) is 0.892. The Kier molecular flexibility index (Phi) is 5.11. The predicted octanol–water partition coefficient (Wildman–Crippen LogP) is 2.46. The molecular weight excluding hydrogens is 334 g/mol. The van der Waals surface area contributed by atoms with E-state index in [1.807, 2.05) is 12.1 Å². The van der Waals surface area contributed by atoms with Gasteiger partial charge in [0.05, 0.1) is 20.6 Å². The van der Waals surface area contributed by atoms with E-state index >= 15 is 0 Å². The average Bonchev–Trinajstić information content (AvgIpc) is 2.66. The largest absolute Gasteiger partial charge is 0.493 e. The van der Waals surface area contributed by atoms with Crippen molar-refractivity contribution in [2.75, 3.05) is 20.8 Å². The molecule has 6 heteroatoms. The van der Waals surface area contributed by atoms with Crippen LogP contribution in [0, 0.1) is 0 Å². The van der Waals surface area contributed by atoms with Crippen LogP contribution < -0.4 is 9.47 Å². The first-order valence-corrected chi connectivity index (χ1v) is 8.36. The highest BCUT2D eigenvalue weighted by molar-refractivity contribution is 5.86. The zero-order valence-corrected chi connectivity index (χ0v) is 14.8. The summed E-state index contributed by atoms with van der Waals surface area (Å²) in [6.07, 6.45) is 0.754. The number of ether oxygens (including phenoxy) is 2. The fourth-order valence-corrected chi connectivity index (χ4v) is 3.37. The first-order chi connectivity index (χ1) is 12.5. The van der Waals surface area contributed by atoms with Gasteiger partial charge in [0.15, 0.2) is 17.5 Å². The van der Waals surface area contributed by atoms with Gasteiger partial charge in [0.25, 0.3) is 0 Å². The molecule has 2 aromatic rings. The van der Waals surface area contributed by atoms with Crippen LogP contribution in [0.4, 0.5) is 0 Å². The lowest BCUT2D eigenvalue weighted by atomic mass is 9.92. The van der Waals surface area contributed by atoms with Crippen molar-refractivity contribution in [1.82, 2.24) is 4.90 Å². The number of hydrogen-bond donors (Lipinski definition) is 1. The molecule has 0 saturated heterocycles. The number of carbonyl (C=O) groups excluding carboxylic acids is 1. The zero-order chi connectivity index (χ0) is 18.7. The van der Waals surface area contributed by atoms with Gasteiger partial charge in [0.2, 0.25) is 5.91 Å². The van der Waals surface area contributed by atoms with E-state index in [2.05, 4.69) is 0 Å². The van der Waals surface area contributed by atoms with Crippen molar-refractivity contribution in [3.05, 3.63) is 59.2 Å². The lowest BCUT2D eigenvalue weighted by Gasteiger charge is -2.35. The van der Waals surface area contributed by atoms with Crippen LogP contribution in [0.3, 0.4) is 0 Å². The second kappa shape index (κ2) is 7.47. The molecule has 1 heterocycles. The fraction of sp³-hybridized carbons (Fsp3) is 0.300. The SMILES string of the molecule is COc1ccc(CC(=O)N2CCc3ccccc3C2C(=O)O)cc1OC. The van der Waals surface area contributed by atoms with Crippen LogP contribution in [0.2, 0.25) is 0 Å². The fourth-order valence-electron chi connectivity index (χ4n) is 3.37. The van der Waals surface area contributed by atoms with Gasteiger partial charge >= 0.3 is 5.97 Å². The summed E-state index contributed by atoms with van der Waals surface area (Å²) >= 11 is 0. The highest BCUT2D eigenvalue weighted by Gasteiger charge is 2.35. The van der Waals surface area contributed by atoms with E-state index in [1.165, 1.54) is 12.0 Å². The highest BCUT2D eigenvalue weighted by atomic mass is 16.5. The number of carbonyl (C=O) groups is 2. The normalized spacial score (nSPS) is 15.9. The lowest BCUT2D eigenvalue weighted by Crippen LogP contribution is -2.44. The lowest BCUT2D eigenvalue weighted by molar-refractivity contribution is -0.151. The number of carboxylic acid groups (broad SMARTS) is 1. The van der Waals surface area contributed by atoms with E-state index < -0.39 is 12.0 Å². The standard InChI is InChI=1S/C20H21NO5/c1-25-16-8-7-13(11-17(16)26-2)12-18(22)21-10-9-14-5-3-4-6-15(14)19(21)20(23)24/h3-8,11,19H,9-10,12H2,1-2H3,(H,23,24). The van der Waals surface area contributed by atoms with Crippen LogP contribution in [-0.4, -0.2) is 42.6 Å². The van der Waals surface area contributed by atoms with Gasteiger partial charge in [0, 0.05) is 6.54 Å². The molecule has 136 valence electrons. The second-order valence-electron chi connectivity index (χ2n) is 6.14. The topological polar surface area (TPSA) is 76.1 Å². The second-order valence-corrected chi connectivity index (χ2v) is 6.14. The van der Waals surface area contributed by atoms with Crippen molar-refractivity contribution in [3.8, 4) is 11.5 Å². The maximum Gasteiger partial charge on any atom is 0.331 e. The van der Waals surface area contributed by atoms with Crippen molar-refractivity contribution in [3.63, 3.8) is 0 Å². The molecule has 0 aromatic heterocycles. The van der Waals surface area contributed by atoms with Crippen molar-refractivity contribution in [2.24, 2.45) is 0 Å². The number of hydrogen-bond acceptors (Lipinski definition) is 4. The van der Waals surface area contributed by atoms with Crippen LogP contribution in [0.15, 0.2) is 42.5 Å². The Morgan fingerprint density at radius 1 is 1.12 bits per heavy atom. The Morgan fingerprint density at radius 3 is 2.54 bits per heavy atom. The van der Waals surface area contributed by atoms with E-state index in [1.54, 1.807) is 37.4 Å². The van der Waals surface area contributed by atoms with Crippen LogP contribution in [0.25, 0.3) is 0 Å². The van der Waals surface area contributed by atoms with Gasteiger partial charge in [-0.15, -0.1) is 0 Å². The van der Waals surface area contributed by atoms with E-state index in [0.717, 1.165) is 11.1 Å². The molecule has 1 aliphatic rings. The van der Waals surface area contributed by atoms with Gasteiger partial charge in [-0.2, -0.15) is 0 Å². The average molecular weight is 355 g/mol. The van der Waals surface area contributed by atoms with Gasteiger partial charge in [-0.1, -0.05) is 30.3 Å². The molecule has 1 aliphatic heterocycles. The Balaban J connectivity index is 1.84. The van der Waals surface area contributed by atoms with Crippen molar-refractivity contribution in [1.29, 1.82) is 0 Å². The molecule has 0 radical (unpaired) electrons. The van der Waals surface area contributed by atoms with E-state index in [-0.39, 0.29) is 12.3 Å². The van der Waals surface area contributed by atoms with Gasteiger partial charge in [-0.05, 0) is 35.2 Å². The minimum absolute atomic E-state index is 0.103. The van der Waals surface area contributed by atoms with Gasteiger partial charge < -0.3 is 19.5 Å². The van der Waals surface area contributed by atoms with Gasteiger partial charge in [-0.25, -0.2) is 4.79 Å². The molecule has 1 N–H and O–H groups in total. The molecular formula is C20H21NO5. The van der Waals surface area contributed by atoms with Crippen LogP contribution in [0.5, 0.6) is 11.5 Å². The first kappa shape index (κ1) is 17.8. The smallest absolute Gasteiger partial charge is 0.331 e. The molecule has 2 aromatic carbocycles. The van der Waals surface area contributed by atoms with Crippen LogP contribution >= 0.6 is 0 Å². The summed E-state index contributed by atoms with van der Waals surface area (Å²) in [5.74, 6) is -0.118. The van der Waals surface area contributed by atoms with Crippen LogP contribution in [-0.2, 0) is 22.4 Å². The van der Waals surface area contributed by atoms with Gasteiger partial charge in [0.1, 0.15) is 0 Å². The Labute approximate surface area is 152 Å². The summed E-state index contributed by atoms with van der Waals surface area (Å²) in [4.78, 5) is 26.1. The number of rotatable bonds is 5. The Bertz CT molecular complexity index is 833. The molecule has 0 aliphatic carbocycles. The number of fused-ring (bicyclic) bond motifs is 1. The monoisotopic (exact) mass is 355 g/mol. The molecule has 1 atom stereocenters. The molecule has 0 fully saturated rings. The molecule has 0 spiro atoms. The molecule has 0 saturated carbocycles.